The second kappa shape index (κ2) is 14.6. The lowest BCUT2D eigenvalue weighted by atomic mass is 9.96. The van der Waals surface area contributed by atoms with Crippen LogP contribution in [-0.4, -0.2) is 6.54 Å². The first-order chi connectivity index (χ1) is 18.2. The highest BCUT2D eigenvalue weighted by Crippen LogP contribution is 2.33. The van der Waals surface area contributed by atoms with Crippen molar-refractivity contribution in [2.24, 2.45) is 0 Å². The maximum Gasteiger partial charge on any atom is 0.213 e. The van der Waals surface area contributed by atoms with Crippen LogP contribution in [0.5, 0.6) is 0 Å². The van der Waals surface area contributed by atoms with E-state index in [1.807, 2.05) is 0 Å². The number of aryl methyl sites for hydroxylation is 2. The van der Waals surface area contributed by atoms with E-state index >= 15 is 0 Å². The molecule has 0 unspecified atom stereocenters. The second-order valence-corrected chi connectivity index (χ2v) is 9.19. The van der Waals surface area contributed by atoms with Crippen molar-refractivity contribution in [2.75, 3.05) is 11.4 Å². The van der Waals surface area contributed by atoms with Gasteiger partial charge in [-0.25, -0.2) is 4.57 Å². The smallest absolute Gasteiger partial charge is 0.213 e. The van der Waals surface area contributed by atoms with Gasteiger partial charge in [-0.1, -0.05) is 54.6 Å². The van der Waals surface area contributed by atoms with Crippen molar-refractivity contribution in [3.8, 4) is 0 Å². The van der Waals surface area contributed by atoms with E-state index in [9.17, 15) is 0 Å². The molecular formula is C34H35I2N3. The molecule has 3 nitrogen and oxygen atoms in total. The third-order valence-corrected chi connectivity index (χ3v) is 7.06. The largest absolute Gasteiger partial charge is 1.00 e. The summed E-state index contributed by atoms with van der Waals surface area (Å²) < 4.78 is 4.48. The standard InChI is InChI=1S/C34H35N3.2HI/c1-4-35-23-19-27(20-24-35)15-16-28(30-22-26-37(6-3)34-14-10-8-12-32(30)34)17-18-29-21-25-36(5-2)33-13-9-7-11-31(29)33;;/h7-26H,4-6H2,1-3H3;2*1H/q+2;;/p-2. The van der Waals surface area contributed by atoms with Crippen LogP contribution in [0.3, 0.4) is 0 Å². The molecule has 0 atom stereocenters. The summed E-state index contributed by atoms with van der Waals surface area (Å²) in [5.41, 5.74) is 8.60. The number of anilines is 1. The third kappa shape index (κ3) is 6.87. The fourth-order valence-corrected chi connectivity index (χ4v) is 4.94. The van der Waals surface area contributed by atoms with Gasteiger partial charge in [0.2, 0.25) is 5.52 Å². The highest BCUT2D eigenvalue weighted by Gasteiger charge is 2.15. The molecule has 5 heteroatoms. The average Bonchev–Trinajstić information content (AvgIpc) is 2.97. The Morgan fingerprint density at radius 1 is 0.821 bits per heavy atom. The van der Waals surface area contributed by atoms with E-state index in [0.29, 0.717) is 0 Å². The molecule has 0 N–H and O–H groups in total. The van der Waals surface area contributed by atoms with Gasteiger partial charge in [-0.05, 0) is 55.7 Å². The minimum atomic E-state index is 0. The van der Waals surface area contributed by atoms with Gasteiger partial charge in [0, 0.05) is 53.8 Å². The quantitative estimate of drug-likeness (QED) is 0.157. The molecule has 0 bridgehead atoms. The minimum Gasteiger partial charge on any atom is -1.00 e. The molecule has 0 saturated heterocycles. The zero-order valence-electron chi connectivity index (χ0n) is 22.8. The summed E-state index contributed by atoms with van der Waals surface area (Å²) >= 11 is 0. The lowest BCUT2D eigenvalue weighted by molar-refractivity contribution is -0.693. The number of hydrogen-bond acceptors (Lipinski definition) is 1. The summed E-state index contributed by atoms with van der Waals surface area (Å²) in [6.45, 7) is 9.40. The summed E-state index contributed by atoms with van der Waals surface area (Å²) in [5.74, 6) is 0. The van der Waals surface area contributed by atoms with Gasteiger partial charge in [0.15, 0.2) is 18.6 Å². The van der Waals surface area contributed by atoms with Crippen LogP contribution < -0.4 is 62.0 Å². The number of rotatable bonds is 7. The summed E-state index contributed by atoms with van der Waals surface area (Å²) in [7, 11) is 0. The van der Waals surface area contributed by atoms with Crippen LogP contribution in [0.15, 0.2) is 116 Å². The second-order valence-electron chi connectivity index (χ2n) is 9.19. The molecule has 0 radical (unpaired) electrons. The van der Waals surface area contributed by atoms with Crippen molar-refractivity contribution in [1.82, 2.24) is 0 Å². The van der Waals surface area contributed by atoms with Crippen molar-refractivity contribution >= 4 is 33.8 Å². The fourth-order valence-electron chi connectivity index (χ4n) is 4.94. The Bertz CT molecular complexity index is 1530. The molecule has 0 spiro atoms. The number of fused-ring (bicyclic) bond motifs is 2. The van der Waals surface area contributed by atoms with Gasteiger partial charge in [-0.3, -0.25) is 0 Å². The van der Waals surface area contributed by atoms with Crippen molar-refractivity contribution in [2.45, 2.75) is 33.9 Å². The zero-order chi connectivity index (χ0) is 25.6. The predicted octanol–water partition coefficient (Wildman–Crippen LogP) is 0.997. The lowest BCUT2D eigenvalue weighted by Gasteiger charge is -2.26. The predicted molar refractivity (Wildman–Crippen MR) is 156 cm³/mol. The number of benzene rings is 2. The highest BCUT2D eigenvalue weighted by atomic mass is 127. The molecule has 3 heterocycles. The van der Waals surface area contributed by atoms with Crippen LogP contribution in [0.1, 0.15) is 37.5 Å². The molecule has 39 heavy (non-hydrogen) atoms. The van der Waals surface area contributed by atoms with E-state index in [-0.39, 0.29) is 48.0 Å². The average molecular weight is 739 g/mol. The molecule has 1 aliphatic rings. The van der Waals surface area contributed by atoms with E-state index in [0.717, 1.165) is 19.6 Å². The Kier molecular flexibility index (Phi) is 11.5. The number of hydrogen-bond donors (Lipinski definition) is 0. The molecule has 0 aliphatic carbocycles. The van der Waals surface area contributed by atoms with Gasteiger partial charge >= 0.3 is 0 Å². The molecule has 0 saturated carbocycles. The van der Waals surface area contributed by atoms with Crippen LogP contribution in [0, 0.1) is 0 Å². The molecule has 200 valence electrons. The van der Waals surface area contributed by atoms with Gasteiger partial charge in [0.1, 0.15) is 13.1 Å². The molecule has 2 aromatic carbocycles. The van der Waals surface area contributed by atoms with Crippen molar-refractivity contribution in [1.29, 1.82) is 0 Å². The first-order valence-electron chi connectivity index (χ1n) is 13.3. The third-order valence-electron chi connectivity index (χ3n) is 7.06. The number of para-hydroxylation sites is 2. The van der Waals surface area contributed by atoms with Crippen molar-refractivity contribution in [3.63, 3.8) is 0 Å². The van der Waals surface area contributed by atoms with E-state index in [2.05, 4.69) is 157 Å². The Morgan fingerprint density at radius 3 is 2.31 bits per heavy atom. The first-order valence-corrected chi connectivity index (χ1v) is 13.3. The van der Waals surface area contributed by atoms with E-state index < -0.39 is 0 Å². The molecule has 5 rings (SSSR count). The van der Waals surface area contributed by atoms with Gasteiger partial charge in [-0.2, -0.15) is 4.57 Å². The zero-order valence-corrected chi connectivity index (χ0v) is 27.1. The SMILES string of the molecule is CCN1C=C/C(=C/C=C(\C=C\c2cc[n+](CC)cc2)c2cc[n+](CC)c3ccccc23)c2ccccc21.[I-].[I-]. The van der Waals surface area contributed by atoms with Gasteiger partial charge in [0.25, 0.3) is 0 Å². The number of aromatic nitrogens is 2. The Hall–Kier alpha value is -2.78. The maximum absolute atomic E-state index is 2.30. The highest BCUT2D eigenvalue weighted by molar-refractivity contribution is 5.95. The molecule has 2 aromatic heterocycles. The topological polar surface area (TPSA) is 11.0 Å². The van der Waals surface area contributed by atoms with Gasteiger partial charge in [-0.15, -0.1) is 0 Å². The number of allylic oxidation sites excluding steroid dienone is 6. The van der Waals surface area contributed by atoms with E-state index in [1.165, 1.54) is 44.4 Å². The Balaban J connectivity index is 0.00000210. The summed E-state index contributed by atoms with van der Waals surface area (Å²) in [5, 5.41) is 1.26. The maximum atomic E-state index is 2.30. The monoisotopic (exact) mass is 739 g/mol. The minimum absolute atomic E-state index is 0. The number of nitrogens with zero attached hydrogens (tertiary/aromatic N) is 3. The van der Waals surface area contributed by atoms with Crippen molar-refractivity contribution < 1.29 is 57.1 Å². The molecule has 1 aliphatic heterocycles. The normalized spacial score (nSPS) is 13.9. The summed E-state index contributed by atoms with van der Waals surface area (Å²) in [4.78, 5) is 2.30. The van der Waals surface area contributed by atoms with Gasteiger partial charge in [0.05, 0.1) is 5.39 Å². The van der Waals surface area contributed by atoms with Crippen LogP contribution in [0.4, 0.5) is 5.69 Å². The number of pyridine rings is 2. The molecule has 4 aromatic rings. The summed E-state index contributed by atoms with van der Waals surface area (Å²) in [6.07, 6.45) is 19.9. The summed E-state index contributed by atoms with van der Waals surface area (Å²) in [6, 6.07) is 23.9. The molecular weight excluding hydrogens is 704 g/mol. The lowest BCUT2D eigenvalue weighted by Crippen LogP contribution is -3.00. The van der Waals surface area contributed by atoms with Crippen LogP contribution in [-0.2, 0) is 13.1 Å². The van der Waals surface area contributed by atoms with Crippen LogP contribution in [0.25, 0.3) is 28.1 Å². The first kappa shape index (κ1) is 30.8. The van der Waals surface area contributed by atoms with Gasteiger partial charge < -0.3 is 52.9 Å². The molecule has 0 amide bonds. The van der Waals surface area contributed by atoms with E-state index in [4.69, 9.17) is 0 Å². The van der Waals surface area contributed by atoms with Crippen LogP contribution in [0.2, 0.25) is 0 Å². The number of halogens is 2. The van der Waals surface area contributed by atoms with E-state index in [1.54, 1.807) is 0 Å². The fraction of sp³-hybridized carbons (Fsp3) is 0.176. The Morgan fingerprint density at radius 2 is 1.56 bits per heavy atom. The van der Waals surface area contributed by atoms with Crippen LogP contribution >= 0.6 is 0 Å². The van der Waals surface area contributed by atoms with Crippen molar-refractivity contribution in [3.05, 3.63) is 133 Å². The Labute approximate surface area is 266 Å². The molecule has 0 fully saturated rings.